The Hall–Kier alpha value is -1.92. The Balaban J connectivity index is 2.11. The summed E-state index contributed by atoms with van der Waals surface area (Å²) < 4.78 is 43.6. The van der Waals surface area contributed by atoms with E-state index in [2.05, 4.69) is 4.74 Å². The van der Waals surface area contributed by atoms with Gasteiger partial charge in [0.2, 0.25) is 0 Å². The minimum atomic E-state index is -4.72. The van der Waals surface area contributed by atoms with Crippen LogP contribution in [0.25, 0.3) is 10.8 Å². The molecule has 1 aliphatic carbocycles. The van der Waals surface area contributed by atoms with Gasteiger partial charge in [-0.25, -0.2) is 0 Å². The molecule has 0 spiro atoms. The Morgan fingerprint density at radius 1 is 1.18 bits per heavy atom. The normalized spacial score (nSPS) is 22.9. The number of hydrogen-bond donors (Lipinski definition) is 1. The van der Waals surface area contributed by atoms with Gasteiger partial charge in [-0.3, -0.25) is 4.79 Å². The number of aliphatic hydroxyl groups excluding tert-OH is 1. The molecule has 0 bridgehead atoms. The first-order valence-corrected chi connectivity index (χ1v) is 6.69. The highest BCUT2D eigenvalue weighted by molar-refractivity contribution is 6.06. The first kappa shape index (κ1) is 15.0. The third-order valence-electron chi connectivity index (χ3n) is 4.05. The summed E-state index contributed by atoms with van der Waals surface area (Å²) in [5.41, 5.74) is 0.350. The van der Waals surface area contributed by atoms with Crippen molar-refractivity contribution in [2.45, 2.75) is 18.4 Å². The van der Waals surface area contributed by atoms with E-state index in [9.17, 15) is 23.1 Å². The molecule has 0 saturated carbocycles. The average molecular weight is 310 g/mol. The molecule has 1 N–H and O–H groups in total. The van der Waals surface area contributed by atoms with Gasteiger partial charge in [0.1, 0.15) is 0 Å². The number of aliphatic hydroxyl groups is 1. The summed E-state index contributed by atoms with van der Waals surface area (Å²) in [5.74, 6) is -2.41. The van der Waals surface area contributed by atoms with Crippen LogP contribution in [-0.2, 0) is 4.74 Å². The number of carbonyl (C=O) groups is 1. The van der Waals surface area contributed by atoms with Crippen LogP contribution >= 0.6 is 0 Å². The topological polar surface area (TPSA) is 46.5 Å². The Morgan fingerprint density at radius 3 is 2.32 bits per heavy atom. The van der Waals surface area contributed by atoms with E-state index in [0.29, 0.717) is 0 Å². The van der Waals surface area contributed by atoms with Crippen LogP contribution in [0.2, 0.25) is 0 Å². The average Bonchev–Trinajstić information content (AvgIpc) is 2.70. The lowest BCUT2D eigenvalue weighted by molar-refractivity contribution is -0.230. The molecule has 2 aromatic rings. The fourth-order valence-corrected chi connectivity index (χ4v) is 3.02. The van der Waals surface area contributed by atoms with Crippen LogP contribution in [0.5, 0.6) is 0 Å². The molecule has 22 heavy (non-hydrogen) atoms. The number of rotatable bonds is 2. The lowest BCUT2D eigenvalue weighted by Gasteiger charge is -2.25. The molecule has 0 aromatic heterocycles. The van der Waals surface area contributed by atoms with Gasteiger partial charge >= 0.3 is 6.18 Å². The van der Waals surface area contributed by atoms with E-state index in [1.54, 1.807) is 30.3 Å². The van der Waals surface area contributed by atoms with E-state index >= 15 is 0 Å². The van der Waals surface area contributed by atoms with Crippen LogP contribution in [0.4, 0.5) is 13.2 Å². The number of alkyl halides is 3. The highest BCUT2D eigenvalue weighted by atomic mass is 19.4. The van der Waals surface area contributed by atoms with Crippen molar-refractivity contribution in [1.29, 1.82) is 0 Å². The predicted molar refractivity (Wildman–Crippen MR) is 73.6 cm³/mol. The van der Waals surface area contributed by atoms with E-state index < -0.39 is 30.1 Å². The Labute approximate surface area is 124 Å². The van der Waals surface area contributed by atoms with Gasteiger partial charge in [-0.2, -0.15) is 13.2 Å². The zero-order valence-corrected chi connectivity index (χ0v) is 11.6. The van der Waals surface area contributed by atoms with Gasteiger partial charge in [0.25, 0.3) is 0 Å². The standard InChI is InChI=1S/C16H13F3O3/c1-22-15(16(17,18)19)12-13(20)10-6-8-4-2-3-5-9(8)7-11(10)14(12)21/h2-7,12-13,15,20H,1H3. The number of Topliss-reactive ketones (excluding diaryl/α,β-unsaturated/α-hetero) is 1. The molecular formula is C16H13F3O3. The second-order valence-corrected chi connectivity index (χ2v) is 5.32. The summed E-state index contributed by atoms with van der Waals surface area (Å²) in [7, 11) is 0.887. The summed E-state index contributed by atoms with van der Waals surface area (Å²) in [6.07, 6.45) is -8.58. The first-order chi connectivity index (χ1) is 10.3. The van der Waals surface area contributed by atoms with Gasteiger partial charge in [0, 0.05) is 12.7 Å². The van der Waals surface area contributed by atoms with E-state index in [4.69, 9.17) is 0 Å². The van der Waals surface area contributed by atoms with Crippen LogP contribution in [-0.4, -0.2) is 30.3 Å². The maximum Gasteiger partial charge on any atom is 0.415 e. The fraction of sp³-hybridized carbons (Fsp3) is 0.312. The van der Waals surface area contributed by atoms with Crippen molar-refractivity contribution in [3.63, 3.8) is 0 Å². The Morgan fingerprint density at radius 2 is 1.77 bits per heavy atom. The third-order valence-corrected chi connectivity index (χ3v) is 4.05. The number of carbonyl (C=O) groups excluding carboxylic acids is 1. The molecule has 3 rings (SSSR count). The number of methoxy groups -OCH3 is 1. The number of ketones is 1. The highest BCUT2D eigenvalue weighted by Gasteiger charge is 2.54. The molecule has 3 unspecified atom stereocenters. The van der Waals surface area contributed by atoms with Crippen molar-refractivity contribution in [2.75, 3.05) is 7.11 Å². The molecule has 0 aliphatic heterocycles. The van der Waals surface area contributed by atoms with Crippen LogP contribution in [0.3, 0.4) is 0 Å². The molecule has 1 aliphatic rings. The van der Waals surface area contributed by atoms with Crippen LogP contribution < -0.4 is 0 Å². The van der Waals surface area contributed by atoms with Gasteiger partial charge < -0.3 is 9.84 Å². The van der Waals surface area contributed by atoms with Gasteiger partial charge in [0.05, 0.1) is 12.0 Å². The van der Waals surface area contributed by atoms with Crippen LogP contribution in [0.1, 0.15) is 22.0 Å². The number of ether oxygens (including phenoxy) is 1. The number of benzene rings is 2. The fourth-order valence-electron chi connectivity index (χ4n) is 3.02. The molecule has 0 heterocycles. The van der Waals surface area contributed by atoms with Crippen LogP contribution in [0, 0.1) is 5.92 Å². The van der Waals surface area contributed by atoms with Gasteiger partial charge in [-0.1, -0.05) is 24.3 Å². The quantitative estimate of drug-likeness (QED) is 0.926. The highest BCUT2D eigenvalue weighted by Crippen LogP contribution is 2.44. The largest absolute Gasteiger partial charge is 0.415 e. The molecule has 3 atom stereocenters. The van der Waals surface area contributed by atoms with Crippen molar-refractivity contribution in [3.8, 4) is 0 Å². The molecule has 3 nitrogen and oxygen atoms in total. The molecule has 6 heteroatoms. The molecule has 2 aromatic carbocycles. The zero-order valence-electron chi connectivity index (χ0n) is 11.6. The molecule has 0 amide bonds. The lowest BCUT2D eigenvalue weighted by atomic mass is 9.95. The molecule has 0 fully saturated rings. The van der Waals surface area contributed by atoms with Gasteiger partial charge in [-0.15, -0.1) is 0 Å². The Kier molecular flexibility index (Phi) is 3.45. The van der Waals surface area contributed by atoms with E-state index in [1.165, 1.54) is 6.07 Å². The Bertz CT molecular complexity index is 739. The summed E-state index contributed by atoms with van der Waals surface area (Å²) in [6, 6.07) is 10.2. The van der Waals surface area contributed by atoms with Crippen molar-refractivity contribution in [3.05, 3.63) is 47.5 Å². The lowest BCUT2D eigenvalue weighted by Crippen LogP contribution is -2.42. The maximum atomic E-state index is 13.0. The van der Waals surface area contributed by atoms with Crippen molar-refractivity contribution < 1.29 is 27.8 Å². The van der Waals surface area contributed by atoms with E-state index in [1.807, 2.05) is 0 Å². The summed E-state index contributed by atoms with van der Waals surface area (Å²) in [4.78, 5) is 12.4. The molecule has 116 valence electrons. The van der Waals surface area contributed by atoms with E-state index in [-0.39, 0.29) is 11.1 Å². The van der Waals surface area contributed by atoms with Crippen molar-refractivity contribution in [1.82, 2.24) is 0 Å². The summed E-state index contributed by atoms with van der Waals surface area (Å²) in [5, 5.41) is 11.7. The maximum absolute atomic E-state index is 13.0. The summed E-state index contributed by atoms with van der Waals surface area (Å²) >= 11 is 0. The SMILES string of the molecule is COC(C1C(=O)c2cc3ccccc3cc2C1O)C(F)(F)F. The monoisotopic (exact) mass is 310 g/mol. The van der Waals surface area contributed by atoms with Crippen molar-refractivity contribution in [2.24, 2.45) is 5.92 Å². The second-order valence-electron chi connectivity index (χ2n) is 5.32. The third kappa shape index (κ3) is 2.19. The predicted octanol–water partition coefficient (Wildman–Crippen LogP) is 3.26. The first-order valence-electron chi connectivity index (χ1n) is 6.69. The van der Waals surface area contributed by atoms with Gasteiger partial charge in [0.15, 0.2) is 11.9 Å². The number of fused-ring (bicyclic) bond motifs is 2. The minimum Gasteiger partial charge on any atom is -0.388 e. The second kappa shape index (κ2) is 5.07. The van der Waals surface area contributed by atoms with E-state index in [0.717, 1.165) is 17.9 Å². The van der Waals surface area contributed by atoms with Crippen molar-refractivity contribution >= 4 is 16.6 Å². The van der Waals surface area contributed by atoms with Crippen LogP contribution in [0.15, 0.2) is 36.4 Å². The molecule has 0 saturated heterocycles. The minimum absolute atomic E-state index is 0.127. The summed E-state index contributed by atoms with van der Waals surface area (Å²) in [6.45, 7) is 0. The zero-order chi connectivity index (χ0) is 16.1. The number of hydrogen-bond acceptors (Lipinski definition) is 3. The molecular weight excluding hydrogens is 297 g/mol. The number of halogens is 3. The molecule has 0 radical (unpaired) electrons. The van der Waals surface area contributed by atoms with Gasteiger partial charge in [-0.05, 0) is 28.5 Å². The smallest absolute Gasteiger partial charge is 0.388 e.